The number of nitrogens with zero attached hydrogens (tertiary/aromatic N) is 1. The third-order valence-electron chi connectivity index (χ3n) is 6.27. The molecule has 1 unspecified atom stereocenters. The Bertz CT molecular complexity index is 1380. The highest BCUT2D eigenvalue weighted by Crippen LogP contribution is 2.33. The minimum Gasteiger partial charge on any atom is -0.483 e. The molecule has 4 rings (SSSR count). The molecule has 0 bridgehead atoms. The van der Waals surface area contributed by atoms with E-state index in [1.54, 1.807) is 4.90 Å². The first-order chi connectivity index (χ1) is 18.5. The van der Waals surface area contributed by atoms with Gasteiger partial charge in [-0.05, 0) is 62.4 Å². The molecule has 0 radical (unpaired) electrons. The molecular formula is C31H30Br2N2O3. The van der Waals surface area contributed by atoms with Gasteiger partial charge in [-0.1, -0.05) is 95.7 Å². The first-order valence-electron chi connectivity index (χ1n) is 12.6. The molecule has 0 aromatic heterocycles. The fraction of sp³-hybridized carbons (Fsp3) is 0.226. The second-order valence-corrected chi connectivity index (χ2v) is 10.7. The van der Waals surface area contributed by atoms with E-state index in [2.05, 4.69) is 37.2 Å². The highest BCUT2D eigenvalue weighted by molar-refractivity contribution is 9.11. The zero-order valence-corrected chi connectivity index (χ0v) is 24.4. The average molecular weight is 638 g/mol. The van der Waals surface area contributed by atoms with E-state index in [-0.39, 0.29) is 25.0 Å². The van der Waals surface area contributed by atoms with Gasteiger partial charge in [0.1, 0.15) is 11.8 Å². The third-order valence-corrected chi connectivity index (χ3v) is 7.61. The van der Waals surface area contributed by atoms with Crippen molar-refractivity contribution in [2.24, 2.45) is 0 Å². The molecule has 0 aliphatic rings. The lowest BCUT2D eigenvalue weighted by molar-refractivity contribution is -0.142. The van der Waals surface area contributed by atoms with E-state index in [0.29, 0.717) is 18.7 Å². The lowest BCUT2D eigenvalue weighted by atomic mass is 10.0. The van der Waals surface area contributed by atoms with Crippen LogP contribution in [0.3, 0.4) is 0 Å². The van der Waals surface area contributed by atoms with E-state index >= 15 is 0 Å². The molecule has 0 fully saturated rings. The first-order valence-corrected chi connectivity index (χ1v) is 14.2. The molecule has 0 aliphatic heterocycles. The summed E-state index contributed by atoms with van der Waals surface area (Å²) in [5.74, 6) is 0.143. The maximum atomic E-state index is 13.8. The quantitative estimate of drug-likeness (QED) is 0.194. The van der Waals surface area contributed by atoms with Gasteiger partial charge in [0.05, 0.1) is 4.47 Å². The number of hydrogen-bond acceptors (Lipinski definition) is 3. The van der Waals surface area contributed by atoms with Gasteiger partial charge in [-0.25, -0.2) is 0 Å². The van der Waals surface area contributed by atoms with Crippen molar-refractivity contribution in [3.63, 3.8) is 0 Å². The second-order valence-electron chi connectivity index (χ2n) is 9.03. The van der Waals surface area contributed by atoms with Crippen LogP contribution in [-0.2, 0) is 22.6 Å². The van der Waals surface area contributed by atoms with Crippen molar-refractivity contribution in [1.82, 2.24) is 10.2 Å². The van der Waals surface area contributed by atoms with Gasteiger partial charge in [0.15, 0.2) is 6.61 Å². The topological polar surface area (TPSA) is 58.6 Å². The lowest BCUT2D eigenvalue weighted by Crippen LogP contribution is -2.51. The van der Waals surface area contributed by atoms with Crippen molar-refractivity contribution >= 4 is 54.4 Å². The average Bonchev–Trinajstić information content (AvgIpc) is 2.94. The van der Waals surface area contributed by atoms with Gasteiger partial charge in [-0.15, -0.1) is 0 Å². The normalized spacial score (nSPS) is 11.7. The van der Waals surface area contributed by atoms with Gasteiger partial charge in [-0.3, -0.25) is 9.59 Å². The smallest absolute Gasteiger partial charge is 0.261 e. The summed E-state index contributed by atoms with van der Waals surface area (Å²) in [5, 5.41) is 5.08. The van der Waals surface area contributed by atoms with Gasteiger partial charge in [-0.2, -0.15) is 0 Å². The number of rotatable bonds is 11. The summed E-state index contributed by atoms with van der Waals surface area (Å²) >= 11 is 7.11. The van der Waals surface area contributed by atoms with Crippen molar-refractivity contribution < 1.29 is 14.3 Å². The van der Waals surface area contributed by atoms with Gasteiger partial charge < -0.3 is 15.0 Å². The number of nitrogens with one attached hydrogen (secondary N) is 1. The highest BCUT2D eigenvalue weighted by Gasteiger charge is 2.30. The summed E-state index contributed by atoms with van der Waals surface area (Å²) in [5.41, 5.74) is 1.91. The molecule has 0 heterocycles. The first kappa shape index (κ1) is 27.9. The number of benzene rings is 4. The van der Waals surface area contributed by atoms with Crippen LogP contribution in [0.1, 0.15) is 24.5 Å². The number of halogens is 2. The SMILES string of the molecule is CCCNC(=O)C(Cc1ccccc1)N(Cc1ccc(Br)cc1)C(=O)COc1ccc2ccccc2c1Br. The molecule has 0 spiro atoms. The zero-order chi connectivity index (χ0) is 26.9. The summed E-state index contributed by atoms with van der Waals surface area (Å²) in [6.45, 7) is 2.64. The number of carbonyl (C=O) groups is 2. The van der Waals surface area contributed by atoms with Gasteiger partial charge >= 0.3 is 0 Å². The Hall–Kier alpha value is -3.16. The zero-order valence-electron chi connectivity index (χ0n) is 21.2. The molecule has 1 N–H and O–H groups in total. The van der Waals surface area contributed by atoms with E-state index in [1.165, 1.54) is 0 Å². The Morgan fingerprint density at radius 1 is 0.868 bits per heavy atom. The maximum absolute atomic E-state index is 13.8. The predicted molar refractivity (Wildman–Crippen MR) is 159 cm³/mol. The summed E-state index contributed by atoms with van der Waals surface area (Å²) in [6.07, 6.45) is 1.21. The summed E-state index contributed by atoms with van der Waals surface area (Å²) in [4.78, 5) is 28.8. The van der Waals surface area contributed by atoms with E-state index in [4.69, 9.17) is 4.74 Å². The Kier molecular flexibility index (Phi) is 9.96. The van der Waals surface area contributed by atoms with Crippen LogP contribution in [-0.4, -0.2) is 35.9 Å². The highest BCUT2D eigenvalue weighted by atomic mass is 79.9. The van der Waals surface area contributed by atoms with Crippen LogP contribution < -0.4 is 10.1 Å². The summed E-state index contributed by atoms with van der Waals surface area (Å²) < 4.78 is 7.77. The third kappa shape index (κ3) is 7.23. The van der Waals surface area contributed by atoms with Crippen molar-refractivity contribution in [1.29, 1.82) is 0 Å². The minimum atomic E-state index is -0.691. The minimum absolute atomic E-state index is 0.173. The van der Waals surface area contributed by atoms with Gasteiger partial charge in [0.2, 0.25) is 5.91 Å². The number of amides is 2. The fourth-order valence-electron chi connectivity index (χ4n) is 4.25. The molecule has 2 amide bonds. The van der Waals surface area contributed by atoms with Crippen LogP contribution >= 0.6 is 31.9 Å². The van der Waals surface area contributed by atoms with Crippen LogP contribution in [0.15, 0.2) is 99.9 Å². The van der Waals surface area contributed by atoms with Crippen molar-refractivity contribution in [2.75, 3.05) is 13.2 Å². The van der Waals surface area contributed by atoms with Crippen molar-refractivity contribution in [3.05, 3.63) is 111 Å². The van der Waals surface area contributed by atoms with Crippen molar-refractivity contribution in [2.45, 2.75) is 32.4 Å². The van der Waals surface area contributed by atoms with E-state index < -0.39 is 6.04 Å². The number of carbonyl (C=O) groups excluding carboxylic acids is 2. The van der Waals surface area contributed by atoms with Crippen molar-refractivity contribution in [3.8, 4) is 5.75 Å². The molecule has 0 saturated heterocycles. The number of fused-ring (bicyclic) bond motifs is 1. The van der Waals surface area contributed by atoms with Crippen LogP contribution in [0, 0.1) is 0 Å². The van der Waals surface area contributed by atoms with Crippen LogP contribution in [0.25, 0.3) is 10.8 Å². The van der Waals surface area contributed by atoms with E-state index in [9.17, 15) is 9.59 Å². The van der Waals surface area contributed by atoms with E-state index in [1.807, 2.05) is 97.9 Å². The maximum Gasteiger partial charge on any atom is 0.261 e. The summed E-state index contributed by atoms with van der Waals surface area (Å²) in [6, 6.07) is 28.7. The molecule has 1 atom stereocenters. The second kappa shape index (κ2) is 13.6. The monoisotopic (exact) mass is 636 g/mol. The molecule has 38 heavy (non-hydrogen) atoms. The largest absolute Gasteiger partial charge is 0.483 e. The van der Waals surface area contributed by atoms with Gasteiger partial charge in [0.25, 0.3) is 5.91 Å². The molecule has 0 saturated carbocycles. The Balaban J connectivity index is 1.62. The Morgan fingerprint density at radius 3 is 2.32 bits per heavy atom. The molecule has 4 aromatic carbocycles. The van der Waals surface area contributed by atoms with Crippen LogP contribution in [0.4, 0.5) is 0 Å². The van der Waals surface area contributed by atoms with Crippen LogP contribution in [0.5, 0.6) is 5.75 Å². The molecule has 0 aliphatic carbocycles. The molecule has 7 heteroatoms. The lowest BCUT2D eigenvalue weighted by Gasteiger charge is -2.31. The molecule has 4 aromatic rings. The molecular weight excluding hydrogens is 608 g/mol. The van der Waals surface area contributed by atoms with Gasteiger partial charge in [0, 0.05) is 24.0 Å². The molecule has 196 valence electrons. The molecule has 5 nitrogen and oxygen atoms in total. The standard InChI is InChI=1S/C31H30Br2N2O3/c1-2-18-34-31(37)27(19-22-8-4-3-5-9-22)35(20-23-12-15-25(32)16-13-23)29(36)21-38-28-17-14-24-10-6-7-11-26(24)30(28)33/h3-17,27H,2,18-21H2,1H3,(H,34,37). The Labute approximate surface area is 240 Å². The van der Waals surface area contributed by atoms with Crippen LogP contribution in [0.2, 0.25) is 0 Å². The Morgan fingerprint density at radius 2 is 1.58 bits per heavy atom. The predicted octanol–water partition coefficient (Wildman–Crippen LogP) is 6.91. The summed E-state index contributed by atoms with van der Waals surface area (Å²) in [7, 11) is 0. The fourth-order valence-corrected chi connectivity index (χ4v) is 5.13. The number of hydrogen-bond donors (Lipinski definition) is 1. The van der Waals surface area contributed by atoms with E-state index in [0.717, 1.165) is 37.3 Å². The number of ether oxygens (including phenoxy) is 1.